The van der Waals surface area contributed by atoms with Crippen LogP contribution in [0.25, 0.3) is 0 Å². The van der Waals surface area contributed by atoms with Crippen molar-refractivity contribution in [3.8, 4) is 0 Å². The van der Waals surface area contributed by atoms with Crippen molar-refractivity contribution in [3.63, 3.8) is 0 Å². The molecule has 0 saturated heterocycles. The van der Waals surface area contributed by atoms with E-state index in [9.17, 15) is 14.9 Å². The molecule has 0 aliphatic carbocycles. The number of aryl methyl sites for hydroxylation is 1. The van der Waals surface area contributed by atoms with Crippen molar-refractivity contribution in [2.24, 2.45) is 7.05 Å². The highest BCUT2D eigenvalue weighted by Crippen LogP contribution is 2.18. The number of aromatic nitrogens is 3. The molecule has 0 spiro atoms. The smallest absolute Gasteiger partial charge is 0.287 e. The summed E-state index contributed by atoms with van der Waals surface area (Å²) in [5.41, 5.74) is 5.76. The molecule has 0 aliphatic rings. The Kier molecular flexibility index (Phi) is 3.10. The topological polar surface area (TPSA) is 129 Å². The Hall–Kier alpha value is -2.97. The third-order valence-electron chi connectivity index (χ3n) is 2.41. The van der Waals surface area contributed by atoms with E-state index in [1.807, 2.05) is 0 Å². The molecule has 2 rings (SSSR count). The lowest BCUT2D eigenvalue weighted by Gasteiger charge is -2.06. The highest BCUT2D eigenvalue weighted by molar-refractivity contribution is 6.04. The summed E-state index contributed by atoms with van der Waals surface area (Å²) < 4.78 is 1.35. The van der Waals surface area contributed by atoms with Crippen LogP contribution in [-0.4, -0.2) is 25.4 Å². The van der Waals surface area contributed by atoms with Crippen LogP contribution in [0.5, 0.6) is 0 Å². The lowest BCUT2D eigenvalue weighted by molar-refractivity contribution is -0.384. The number of nitrogens with two attached hydrogens (primary N) is 1. The summed E-state index contributed by atoms with van der Waals surface area (Å²) in [5, 5.41) is 13.1. The van der Waals surface area contributed by atoms with Crippen LogP contribution in [0.15, 0.2) is 24.8 Å². The molecular formula is C10H10N6O3. The van der Waals surface area contributed by atoms with Gasteiger partial charge < -0.3 is 15.6 Å². The average Bonchev–Trinajstić information content (AvgIpc) is 2.74. The van der Waals surface area contributed by atoms with E-state index in [0.717, 1.165) is 0 Å². The maximum absolute atomic E-state index is 12.0. The minimum Gasteiger partial charge on any atom is -0.394 e. The summed E-state index contributed by atoms with van der Waals surface area (Å²) in [4.78, 5) is 29.5. The van der Waals surface area contributed by atoms with Gasteiger partial charge in [-0.2, -0.15) is 0 Å². The van der Waals surface area contributed by atoms with Crippen molar-refractivity contribution in [1.29, 1.82) is 0 Å². The zero-order valence-electron chi connectivity index (χ0n) is 9.90. The lowest BCUT2D eigenvalue weighted by atomic mass is 10.3. The van der Waals surface area contributed by atoms with Gasteiger partial charge in [-0.1, -0.05) is 0 Å². The average molecular weight is 262 g/mol. The molecule has 0 bridgehead atoms. The molecule has 2 aromatic heterocycles. The monoisotopic (exact) mass is 262 g/mol. The molecule has 2 heterocycles. The normalized spacial score (nSPS) is 10.2. The van der Waals surface area contributed by atoms with Crippen LogP contribution in [-0.2, 0) is 7.05 Å². The number of nitro groups is 1. The van der Waals surface area contributed by atoms with Crippen molar-refractivity contribution in [2.45, 2.75) is 0 Å². The van der Waals surface area contributed by atoms with Gasteiger partial charge in [0.25, 0.3) is 11.6 Å². The minimum absolute atomic E-state index is 0.129. The van der Waals surface area contributed by atoms with E-state index >= 15 is 0 Å². The van der Waals surface area contributed by atoms with E-state index < -0.39 is 10.8 Å². The van der Waals surface area contributed by atoms with Crippen LogP contribution in [0.3, 0.4) is 0 Å². The largest absolute Gasteiger partial charge is 0.394 e. The van der Waals surface area contributed by atoms with E-state index in [-0.39, 0.29) is 22.9 Å². The van der Waals surface area contributed by atoms with Crippen LogP contribution in [0.1, 0.15) is 10.5 Å². The first-order valence-corrected chi connectivity index (χ1v) is 5.16. The Morgan fingerprint density at radius 2 is 2.32 bits per heavy atom. The fraction of sp³-hybridized carbons (Fsp3) is 0.100. The zero-order valence-corrected chi connectivity index (χ0v) is 9.90. The van der Waals surface area contributed by atoms with Gasteiger partial charge in [-0.25, -0.2) is 9.97 Å². The van der Waals surface area contributed by atoms with Gasteiger partial charge in [0.15, 0.2) is 5.82 Å². The quantitative estimate of drug-likeness (QED) is 0.614. The number of hydrogen-bond acceptors (Lipinski definition) is 6. The molecule has 0 radical (unpaired) electrons. The molecule has 1 amide bonds. The van der Waals surface area contributed by atoms with Crippen molar-refractivity contribution in [1.82, 2.24) is 14.5 Å². The number of carbonyl (C=O) groups excluding carboxylic acids is 1. The first kappa shape index (κ1) is 12.5. The predicted octanol–water partition coefficient (Wildman–Crippen LogP) is 0.558. The fourth-order valence-corrected chi connectivity index (χ4v) is 1.49. The number of nitrogens with one attached hydrogen (secondary N) is 1. The number of carbonyl (C=O) groups is 1. The van der Waals surface area contributed by atoms with Crippen molar-refractivity contribution in [2.75, 3.05) is 11.1 Å². The molecular weight excluding hydrogens is 252 g/mol. The first-order chi connectivity index (χ1) is 8.99. The van der Waals surface area contributed by atoms with Gasteiger partial charge >= 0.3 is 0 Å². The van der Waals surface area contributed by atoms with E-state index in [1.165, 1.54) is 36.4 Å². The maximum Gasteiger partial charge on any atom is 0.287 e. The van der Waals surface area contributed by atoms with Crippen molar-refractivity contribution < 1.29 is 9.72 Å². The third-order valence-corrected chi connectivity index (χ3v) is 2.41. The van der Waals surface area contributed by atoms with Crippen LogP contribution in [0.4, 0.5) is 17.2 Å². The summed E-state index contributed by atoms with van der Waals surface area (Å²) in [6, 6.07) is 1.17. The molecule has 0 unspecified atom stereocenters. The second-order valence-corrected chi connectivity index (χ2v) is 3.73. The Bertz CT molecular complexity index is 650. The Labute approximate surface area is 107 Å². The van der Waals surface area contributed by atoms with E-state index in [2.05, 4.69) is 15.3 Å². The standard InChI is InChI=1S/C10H10N6O3/c1-15-4-6(16(18)19)2-8(15)10(17)14-9-7(11)3-12-5-13-9/h2-5H,11H2,1H3,(H,12,13,14,17). The van der Waals surface area contributed by atoms with Gasteiger partial charge in [0.2, 0.25) is 0 Å². The van der Waals surface area contributed by atoms with Crippen LogP contribution in [0, 0.1) is 10.1 Å². The van der Waals surface area contributed by atoms with E-state index in [0.29, 0.717) is 0 Å². The number of rotatable bonds is 3. The molecule has 9 nitrogen and oxygen atoms in total. The molecule has 0 atom stereocenters. The van der Waals surface area contributed by atoms with Crippen molar-refractivity contribution in [3.05, 3.63) is 40.6 Å². The number of amides is 1. The van der Waals surface area contributed by atoms with Crippen LogP contribution >= 0.6 is 0 Å². The van der Waals surface area contributed by atoms with Crippen LogP contribution in [0.2, 0.25) is 0 Å². The number of anilines is 2. The van der Waals surface area contributed by atoms with Gasteiger partial charge in [-0.3, -0.25) is 14.9 Å². The van der Waals surface area contributed by atoms with Gasteiger partial charge in [-0.15, -0.1) is 0 Å². The van der Waals surface area contributed by atoms with Gasteiger partial charge in [-0.05, 0) is 0 Å². The summed E-state index contributed by atoms with van der Waals surface area (Å²) in [6.07, 6.45) is 3.83. The maximum atomic E-state index is 12.0. The van der Waals surface area contributed by atoms with Crippen molar-refractivity contribution >= 4 is 23.1 Å². The highest BCUT2D eigenvalue weighted by Gasteiger charge is 2.18. The summed E-state index contributed by atoms with van der Waals surface area (Å²) in [7, 11) is 1.53. The SMILES string of the molecule is Cn1cc([N+](=O)[O-])cc1C(=O)Nc1ncncc1N. The number of nitrogen functional groups attached to an aromatic ring is 1. The Morgan fingerprint density at radius 3 is 2.89 bits per heavy atom. The van der Waals surface area contributed by atoms with Gasteiger partial charge in [0, 0.05) is 13.1 Å². The summed E-state index contributed by atoms with van der Waals surface area (Å²) in [6.45, 7) is 0. The molecule has 0 fully saturated rings. The molecule has 0 saturated carbocycles. The highest BCUT2D eigenvalue weighted by atomic mass is 16.6. The molecule has 2 aromatic rings. The zero-order chi connectivity index (χ0) is 14.0. The Morgan fingerprint density at radius 1 is 1.58 bits per heavy atom. The molecule has 3 N–H and O–H groups in total. The third kappa shape index (κ3) is 2.49. The van der Waals surface area contributed by atoms with E-state index in [1.54, 1.807) is 0 Å². The fourth-order valence-electron chi connectivity index (χ4n) is 1.49. The Balaban J connectivity index is 2.26. The second kappa shape index (κ2) is 4.72. The molecule has 98 valence electrons. The lowest BCUT2D eigenvalue weighted by Crippen LogP contribution is -2.17. The first-order valence-electron chi connectivity index (χ1n) is 5.16. The summed E-state index contributed by atoms with van der Waals surface area (Å²) in [5.74, 6) is -0.384. The number of nitrogens with zero attached hydrogens (tertiary/aromatic N) is 4. The van der Waals surface area contributed by atoms with Gasteiger partial charge in [0.05, 0.1) is 23.0 Å². The number of hydrogen-bond donors (Lipinski definition) is 2. The second-order valence-electron chi connectivity index (χ2n) is 3.73. The molecule has 0 aliphatic heterocycles. The minimum atomic E-state index is -0.574. The summed E-state index contributed by atoms with van der Waals surface area (Å²) >= 11 is 0. The molecule has 19 heavy (non-hydrogen) atoms. The molecule has 9 heteroatoms. The molecule has 0 aromatic carbocycles. The predicted molar refractivity (Wildman–Crippen MR) is 66.5 cm³/mol. The van der Waals surface area contributed by atoms with E-state index in [4.69, 9.17) is 5.73 Å². The van der Waals surface area contributed by atoms with Crippen LogP contribution < -0.4 is 11.1 Å². The van der Waals surface area contributed by atoms with Gasteiger partial charge in [0.1, 0.15) is 12.0 Å².